The molecule has 0 unspecified atom stereocenters. The van der Waals surface area contributed by atoms with Crippen LogP contribution in [0.2, 0.25) is 0 Å². The van der Waals surface area contributed by atoms with Gasteiger partial charge in [0.2, 0.25) is 5.76 Å². The van der Waals surface area contributed by atoms with E-state index in [1.54, 1.807) is 13.8 Å². The maximum Gasteiger partial charge on any atom is 0.375 e. The van der Waals surface area contributed by atoms with E-state index in [0.29, 0.717) is 24.0 Å². The predicted octanol–water partition coefficient (Wildman–Crippen LogP) is 1.33. The molecule has 1 aliphatic carbocycles. The number of aliphatic hydroxyl groups excluding tert-OH is 3. The van der Waals surface area contributed by atoms with E-state index >= 15 is 0 Å². The zero-order chi connectivity index (χ0) is 38.1. The van der Waals surface area contributed by atoms with Crippen LogP contribution in [-0.2, 0) is 32.1 Å². The Morgan fingerprint density at radius 2 is 1.93 bits per heavy atom. The number of carbonyl (C=O) groups is 3. The minimum atomic E-state index is -1.27. The third-order valence-electron chi connectivity index (χ3n) is 11.6. The molecular formula is C41H48N2O11. The highest BCUT2D eigenvalue weighted by atomic mass is 16.6. The van der Waals surface area contributed by atoms with Crippen molar-refractivity contribution in [2.45, 2.75) is 76.6 Å². The van der Waals surface area contributed by atoms with Gasteiger partial charge in [-0.25, -0.2) is 4.79 Å². The highest BCUT2D eigenvalue weighted by molar-refractivity contribution is 6.11. The van der Waals surface area contributed by atoms with Gasteiger partial charge >= 0.3 is 5.97 Å². The van der Waals surface area contributed by atoms with E-state index in [1.807, 2.05) is 24.3 Å². The first-order valence-electron chi connectivity index (χ1n) is 18.9. The van der Waals surface area contributed by atoms with Crippen LogP contribution in [0.5, 0.6) is 17.2 Å². The first kappa shape index (κ1) is 37.9. The van der Waals surface area contributed by atoms with Crippen molar-refractivity contribution in [1.82, 2.24) is 5.32 Å². The molecule has 2 fully saturated rings. The average Bonchev–Trinajstić information content (AvgIpc) is 3.86. The molecule has 0 spiro atoms. The van der Waals surface area contributed by atoms with E-state index < -0.39 is 48.5 Å². The summed E-state index contributed by atoms with van der Waals surface area (Å²) in [5, 5.41) is 48.4. The third kappa shape index (κ3) is 6.66. The number of aldehydes is 1. The van der Waals surface area contributed by atoms with Crippen LogP contribution >= 0.6 is 0 Å². The monoisotopic (exact) mass is 744 g/mol. The molecule has 13 heteroatoms. The lowest BCUT2D eigenvalue weighted by atomic mass is 9.71. The molecule has 0 bridgehead atoms. The standard InChI is InChI=1S/C41H48N2O11/c1-3-51-40(49)39-29(20-46)33(24-16-25(19-45)35(48)27(17-24)22-5-6-31-23(15-22)7-12-43-31)34-37(52-14-4-13-44)28-18-32(41(2,50)26-8-10-42-11-9-26)53-36(28)30(21-47)38(34)54-39/h5-7,15,20,25-27,32,42,44-45,47,50H,3-4,8-14,16-19,21H2,1-2H3/b33-24-/t25-,27+,32+,41-/m1/s1. The van der Waals surface area contributed by atoms with Crippen molar-refractivity contribution in [1.29, 1.82) is 0 Å². The van der Waals surface area contributed by atoms with E-state index in [-0.39, 0.29) is 96.7 Å². The highest BCUT2D eigenvalue weighted by Gasteiger charge is 2.49. The molecule has 0 amide bonds. The Labute approximate surface area is 313 Å². The second-order valence-electron chi connectivity index (χ2n) is 14.7. The molecule has 54 heavy (non-hydrogen) atoms. The summed E-state index contributed by atoms with van der Waals surface area (Å²) in [6, 6.07) is 5.66. The summed E-state index contributed by atoms with van der Waals surface area (Å²) in [7, 11) is 0. The van der Waals surface area contributed by atoms with Crippen molar-refractivity contribution in [3.8, 4) is 17.2 Å². The second-order valence-corrected chi connectivity index (χ2v) is 14.7. The molecular weight excluding hydrogens is 696 g/mol. The molecule has 2 aromatic rings. The summed E-state index contributed by atoms with van der Waals surface area (Å²) in [6.45, 7) is 4.30. The van der Waals surface area contributed by atoms with E-state index in [0.717, 1.165) is 42.1 Å². The Balaban J connectivity index is 1.46. The highest BCUT2D eigenvalue weighted by Crippen LogP contribution is 2.57. The number of hydrogen-bond acceptors (Lipinski definition) is 13. The van der Waals surface area contributed by atoms with Crippen molar-refractivity contribution in [2.24, 2.45) is 16.8 Å². The molecule has 4 aliphatic heterocycles. The zero-order valence-electron chi connectivity index (χ0n) is 30.7. The van der Waals surface area contributed by atoms with E-state index in [1.165, 1.54) is 0 Å². The zero-order valence-corrected chi connectivity index (χ0v) is 30.7. The maximum absolute atomic E-state index is 14.0. The van der Waals surface area contributed by atoms with Crippen LogP contribution < -0.4 is 30.1 Å². The van der Waals surface area contributed by atoms with Crippen LogP contribution in [-0.4, -0.2) is 96.2 Å². The SMILES string of the molecule is CCOC(=O)C1=C(C=O)/C(=C2\C[C@H](CO)C(=O)[C@H](c3ccc4c(c3)=CCN=4)C2)c2c(OCCCO)c3c(c(CO)c2O1)O[C@H]([C@](C)(O)C1CCNCC1)C3. The third-order valence-corrected chi connectivity index (χ3v) is 11.6. The van der Waals surface area contributed by atoms with Crippen molar-refractivity contribution in [2.75, 3.05) is 46.1 Å². The average molecular weight is 745 g/mol. The summed E-state index contributed by atoms with van der Waals surface area (Å²) in [5.74, 6) is -2.49. The molecule has 1 saturated carbocycles. The van der Waals surface area contributed by atoms with Crippen molar-refractivity contribution in [3.63, 3.8) is 0 Å². The number of Topliss-reactive ketones (excluding diaryl/α,β-unsaturated/α-hetero) is 1. The summed E-state index contributed by atoms with van der Waals surface area (Å²) in [5.41, 5.74) is 1.27. The number of carbonyl (C=O) groups excluding carboxylic acids is 3. The predicted molar refractivity (Wildman–Crippen MR) is 195 cm³/mol. The van der Waals surface area contributed by atoms with Gasteiger partial charge in [-0.3, -0.25) is 14.6 Å². The minimum absolute atomic E-state index is 0.00941. The number of nitrogens with one attached hydrogen (secondary N) is 1. The Morgan fingerprint density at radius 3 is 2.63 bits per heavy atom. The largest absolute Gasteiger partial charge is 0.492 e. The summed E-state index contributed by atoms with van der Waals surface area (Å²) in [4.78, 5) is 45.3. The van der Waals surface area contributed by atoms with E-state index in [2.05, 4.69) is 10.3 Å². The molecule has 2 aromatic carbocycles. The fourth-order valence-corrected chi connectivity index (χ4v) is 8.69. The molecule has 288 valence electrons. The summed E-state index contributed by atoms with van der Waals surface area (Å²) >= 11 is 0. The first-order valence-corrected chi connectivity index (χ1v) is 18.9. The van der Waals surface area contributed by atoms with Crippen molar-refractivity contribution in [3.05, 3.63) is 67.9 Å². The second kappa shape index (κ2) is 15.8. The Kier molecular flexibility index (Phi) is 11.1. The number of ketones is 1. The van der Waals surface area contributed by atoms with Gasteiger partial charge in [0.25, 0.3) is 0 Å². The molecule has 0 aromatic heterocycles. The van der Waals surface area contributed by atoms with Gasteiger partial charge in [0.15, 0.2) is 6.29 Å². The first-order chi connectivity index (χ1) is 26.2. The number of benzene rings is 2. The van der Waals surface area contributed by atoms with E-state index in [4.69, 9.17) is 18.9 Å². The number of ether oxygens (including phenoxy) is 4. The number of esters is 1. The molecule has 4 heterocycles. The number of allylic oxidation sites excluding steroid dienone is 3. The minimum Gasteiger partial charge on any atom is -0.492 e. The maximum atomic E-state index is 14.0. The molecule has 4 atom stereocenters. The fraction of sp³-hybridized carbons (Fsp3) is 0.512. The quantitative estimate of drug-likeness (QED) is 0.119. The molecule has 1 saturated heterocycles. The fourth-order valence-electron chi connectivity index (χ4n) is 8.69. The number of rotatable bonds is 12. The lowest BCUT2D eigenvalue weighted by molar-refractivity contribution is -0.141. The van der Waals surface area contributed by atoms with E-state index in [9.17, 15) is 34.8 Å². The van der Waals surface area contributed by atoms with Crippen LogP contribution in [0.25, 0.3) is 11.6 Å². The van der Waals surface area contributed by atoms with Gasteiger partial charge in [-0.15, -0.1) is 0 Å². The van der Waals surface area contributed by atoms with Crippen LogP contribution in [0.3, 0.4) is 0 Å². The van der Waals surface area contributed by atoms with Crippen LogP contribution in [0, 0.1) is 11.8 Å². The summed E-state index contributed by atoms with van der Waals surface area (Å²) < 4.78 is 24.7. The number of hydrogen-bond donors (Lipinski definition) is 5. The Hall–Kier alpha value is -4.40. The number of nitrogens with zero attached hydrogens (tertiary/aromatic N) is 1. The van der Waals surface area contributed by atoms with Gasteiger partial charge in [0.05, 0.1) is 55.0 Å². The lowest BCUT2D eigenvalue weighted by Gasteiger charge is -2.39. The van der Waals surface area contributed by atoms with Gasteiger partial charge in [0, 0.05) is 42.4 Å². The van der Waals surface area contributed by atoms with Gasteiger partial charge in [0.1, 0.15) is 34.7 Å². The van der Waals surface area contributed by atoms with Crippen molar-refractivity contribution < 1.29 is 53.8 Å². The van der Waals surface area contributed by atoms with Crippen LogP contribution in [0.15, 0.2) is 40.1 Å². The molecule has 13 nitrogen and oxygen atoms in total. The smallest absolute Gasteiger partial charge is 0.375 e. The molecule has 5 aliphatic rings. The van der Waals surface area contributed by atoms with Crippen LogP contribution in [0.4, 0.5) is 0 Å². The van der Waals surface area contributed by atoms with Gasteiger partial charge in [-0.1, -0.05) is 17.7 Å². The molecule has 7 rings (SSSR count). The number of fused-ring (bicyclic) bond motifs is 3. The number of piperidine rings is 1. The normalized spacial score (nSPS) is 24.6. The van der Waals surface area contributed by atoms with Gasteiger partial charge < -0.3 is 44.7 Å². The Bertz CT molecular complexity index is 2030. The van der Waals surface area contributed by atoms with Crippen LogP contribution in [0.1, 0.15) is 74.1 Å². The van der Waals surface area contributed by atoms with Gasteiger partial charge in [-0.05, 0) is 81.5 Å². The molecule has 0 radical (unpaired) electrons. The Morgan fingerprint density at radius 1 is 1.13 bits per heavy atom. The van der Waals surface area contributed by atoms with Crippen molar-refractivity contribution >= 4 is 29.7 Å². The molecule has 5 N–H and O–H groups in total. The topological polar surface area (TPSA) is 193 Å². The number of aliphatic hydroxyl groups is 4. The summed E-state index contributed by atoms with van der Waals surface area (Å²) in [6.07, 6.45) is 3.94. The van der Waals surface area contributed by atoms with Gasteiger partial charge in [-0.2, -0.15) is 0 Å². The lowest BCUT2D eigenvalue weighted by Crippen LogP contribution is -2.51.